The van der Waals surface area contributed by atoms with Crippen molar-refractivity contribution in [3.05, 3.63) is 0 Å². The van der Waals surface area contributed by atoms with Crippen LogP contribution in [0.25, 0.3) is 0 Å². The van der Waals surface area contributed by atoms with Gasteiger partial charge in [0, 0.05) is 32.7 Å². The summed E-state index contributed by atoms with van der Waals surface area (Å²) >= 11 is 0. The molecule has 2 fully saturated rings. The molecule has 17 heavy (non-hydrogen) atoms. The molecule has 1 aliphatic carbocycles. The van der Waals surface area contributed by atoms with Crippen molar-refractivity contribution < 1.29 is 4.79 Å². The topological polar surface area (TPSA) is 35.6 Å². The van der Waals surface area contributed by atoms with Gasteiger partial charge in [-0.3, -0.25) is 9.69 Å². The number of nitrogens with zero attached hydrogens (tertiary/aromatic N) is 2. The fourth-order valence-electron chi connectivity index (χ4n) is 2.96. The second-order valence-corrected chi connectivity index (χ2v) is 6.34. The van der Waals surface area contributed by atoms with E-state index >= 15 is 0 Å². The van der Waals surface area contributed by atoms with Crippen LogP contribution in [0.15, 0.2) is 0 Å². The lowest BCUT2D eigenvalue weighted by atomic mass is 9.92. The monoisotopic (exact) mass is 239 g/mol. The van der Waals surface area contributed by atoms with Crippen molar-refractivity contribution in [3.63, 3.8) is 0 Å². The highest BCUT2D eigenvalue weighted by Gasteiger charge is 2.43. The number of carbonyl (C=O) groups is 1. The number of rotatable bonds is 3. The predicted octanol–water partition coefficient (Wildman–Crippen LogP) is 0.537. The Balaban J connectivity index is 2.21. The average molecular weight is 239 g/mol. The second kappa shape index (κ2) is 4.58. The summed E-state index contributed by atoms with van der Waals surface area (Å²) in [5, 5.41) is 3.17. The van der Waals surface area contributed by atoms with Gasteiger partial charge in [0.1, 0.15) is 6.04 Å². The number of hydrogen-bond acceptors (Lipinski definition) is 3. The molecule has 1 atom stereocenters. The first-order valence-corrected chi connectivity index (χ1v) is 6.60. The van der Waals surface area contributed by atoms with Gasteiger partial charge in [0.15, 0.2) is 0 Å². The molecule has 4 heteroatoms. The largest absolute Gasteiger partial charge is 0.344 e. The average Bonchev–Trinajstić information content (AvgIpc) is 3.04. The standard InChI is InChI=1S/C13H25N3O/c1-13(2)8-15(4)12(17)11(7-14-3)16(9-13)10-5-6-10/h10-11,14H,5-9H2,1-4H3. The van der Waals surface area contributed by atoms with Crippen LogP contribution in [-0.2, 0) is 4.79 Å². The smallest absolute Gasteiger partial charge is 0.241 e. The molecule has 1 aliphatic heterocycles. The van der Waals surface area contributed by atoms with Gasteiger partial charge in [0.25, 0.3) is 0 Å². The van der Waals surface area contributed by atoms with E-state index in [2.05, 4.69) is 24.1 Å². The molecular formula is C13H25N3O. The zero-order chi connectivity index (χ0) is 12.6. The molecule has 2 aliphatic rings. The molecule has 0 aromatic rings. The first-order chi connectivity index (χ1) is 7.94. The van der Waals surface area contributed by atoms with Crippen molar-refractivity contribution in [2.24, 2.45) is 5.41 Å². The molecule has 0 bridgehead atoms. The third-order valence-corrected chi connectivity index (χ3v) is 3.75. The SMILES string of the molecule is CNCC1C(=O)N(C)CC(C)(C)CN1C1CC1. The maximum absolute atomic E-state index is 12.4. The predicted molar refractivity (Wildman–Crippen MR) is 68.9 cm³/mol. The van der Waals surface area contributed by atoms with Gasteiger partial charge in [-0.2, -0.15) is 0 Å². The summed E-state index contributed by atoms with van der Waals surface area (Å²) < 4.78 is 0. The lowest BCUT2D eigenvalue weighted by molar-refractivity contribution is -0.134. The van der Waals surface area contributed by atoms with Crippen molar-refractivity contribution in [1.29, 1.82) is 0 Å². The van der Waals surface area contributed by atoms with Crippen LogP contribution in [0.3, 0.4) is 0 Å². The van der Waals surface area contributed by atoms with Crippen molar-refractivity contribution >= 4 is 5.91 Å². The van der Waals surface area contributed by atoms with Crippen molar-refractivity contribution in [1.82, 2.24) is 15.1 Å². The minimum absolute atomic E-state index is 0.0271. The van der Waals surface area contributed by atoms with Crippen LogP contribution in [0.1, 0.15) is 26.7 Å². The van der Waals surface area contributed by atoms with Crippen LogP contribution in [0.5, 0.6) is 0 Å². The van der Waals surface area contributed by atoms with Gasteiger partial charge >= 0.3 is 0 Å². The van der Waals surface area contributed by atoms with E-state index < -0.39 is 0 Å². The summed E-state index contributed by atoms with van der Waals surface area (Å²) in [6.07, 6.45) is 2.51. The number of hydrogen-bond donors (Lipinski definition) is 1. The molecule has 1 amide bonds. The Hall–Kier alpha value is -0.610. The maximum Gasteiger partial charge on any atom is 0.241 e. The van der Waals surface area contributed by atoms with Crippen LogP contribution in [0.2, 0.25) is 0 Å². The lowest BCUT2D eigenvalue weighted by Gasteiger charge is -2.32. The summed E-state index contributed by atoms with van der Waals surface area (Å²) in [7, 11) is 3.86. The molecule has 0 radical (unpaired) electrons. The molecule has 1 heterocycles. The zero-order valence-electron chi connectivity index (χ0n) is 11.5. The van der Waals surface area contributed by atoms with Crippen LogP contribution >= 0.6 is 0 Å². The lowest BCUT2D eigenvalue weighted by Crippen LogP contribution is -2.50. The van der Waals surface area contributed by atoms with Crippen molar-refractivity contribution in [3.8, 4) is 0 Å². The van der Waals surface area contributed by atoms with Crippen LogP contribution < -0.4 is 5.32 Å². The van der Waals surface area contributed by atoms with Gasteiger partial charge in [-0.25, -0.2) is 0 Å². The molecular weight excluding hydrogens is 214 g/mol. The molecule has 2 rings (SSSR count). The van der Waals surface area contributed by atoms with Crippen LogP contribution in [0, 0.1) is 5.41 Å². The third-order valence-electron chi connectivity index (χ3n) is 3.75. The highest BCUT2D eigenvalue weighted by Crippen LogP contribution is 2.34. The molecule has 98 valence electrons. The minimum Gasteiger partial charge on any atom is -0.344 e. The van der Waals surface area contributed by atoms with Gasteiger partial charge in [0.2, 0.25) is 5.91 Å². The molecule has 0 spiro atoms. The Labute approximate surface area is 104 Å². The van der Waals surface area contributed by atoms with Crippen molar-refractivity contribution in [2.45, 2.75) is 38.8 Å². The van der Waals surface area contributed by atoms with Crippen LogP contribution in [-0.4, -0.2) is 61.5 Å². The van der Waals surface area contributed by atoms with E-state index in [0.29, 0.717) is 6.04 Å². The summed E-state index contributed by atoms with van der Waals surface area (Å²) in [6.45, 7) is 7.16. The number of carbonyl (C=O) groups excluding carboxylic acids is 1. The first kappa shape index (κ1) is 12.8. The van der Waals surface area contributed by atoms with E-state index in [-0.39, 0.29) is 17.4 Å². The minimum atomic E-state index is 0.0271. The van der Waals surface area contributed by atoms with Crippen molar-refractivity contribution in [2.75, 3.05) is 33.7 Å². The highest BCUT2D eigenvalue weighted by molar-refractivity contribution is 5.82. The van der Waals surface area contributed by atoms with Gasteiger partial charge in [-0.15, -0.1) is 0 Å². The van der Waals surface area contributed by atoms with E-state index in [0.717, 1.165) is 19.6 Å². The second-order valence-electron chi connectivity index (χ2n) is 6.34. The van der Waals surface area contributed by atoms with Gasteiger partial charge < -0.3 is 10.2 Å². The molecule has 1 saturated heterocycles. The Morgan fingerprint density at radius 2 is 2.00 bits per heavy atom. The number of amides is 1. The molecule has 1 saturated carbocycles. The van der Waals surface area contributed by atoms with Gasteiger partial charge in [-0.1, -0.05) is 13.8 Å². The number of nitrogens with one attached hydrogen (secondary N) is 1. The summed E-state index contributed by atoms with van der Waals surface area (Å²) in [5.74, 6) is 0.275. The highest BCUT2D eigenvalue weighted by atomic mass is 16.2. The Kier molecular flexibility index (Phi) is 3.46. The Morgan fingerprint density at radius 1 is 1.35 bits per heavy atom. The maximum atomic E-state index is 12.4. The molecule has 0 aromatic heterocycles. The van der Waals surface area contributed by atoms with E-state index in [1.807, 2.05) is 19.0 Å². The summed E-state index contributed by atoms with van der Waals surface area (Å²) in [6, 6.07) is 0.669. The molecule has 4 nitrogen and oxygen atoms in total. The molecule has 1 unspecified atom stereocenters. The zero-order valence-corrected chi connectivity index (χ0v) is 11.5. The molecule has 1 N–H and O–H groups in total. The Bertz CT molecular complexity index is 299. The van der Waals surface area contributed by atoms with E-state index in [9.17, 15) is 4.79 Å². The van der Waals surface area contributed by atoms with Gasteiger partial charge in [-0.05, 0) is 25.3 Å². The van der Waals surface area contributed by atoms with E-state index in [1.165, 1.54) is 12.8 Å². The number of likely N-dealkylation sites (N-methyl/N-ethyl adjacent to an activating group) is 2. The normalized spacial score (nSPS) is 30.5. The third kappa shape index (κ3) is 2.80. The fraction of sp³-hybridized carbons (Fsp3) is 0.923. The van der Waals surface area contributed by atoms with E-state index in [1.54, 1.807) is 0 Å². The summed E-state index contributed by atoms with van der Waals surface area (Å²) in [4.78, 5) is 16.7. The molecule has 0 aromatic carbocycles. The first-order valence-electron chi connectivity index (χ1n) is 6.60. The summed E-state index contributed by atoms with van der Waals surface area (Å²) in [5.41, 5.74) is 0.190. The van der Waals surface area contributed by atoms with Gasteiger partial charge in [0.05, 0.1) is 0 Å². The Morgan fingerprint density at radius 3 is 2.53 bits per heavy atom. The van der Waals surface area contributed by atoms with Crippen LogP contribution in [0.4, 0.5) is 0 Å². The quantitative estimate of drug-likeness (QED) is 0.781. The van der Waals surface area contributed by atoms with E-state index in [4.69, 9.17) is 0 Å². The fourth-order valence-corrected chi connectivity index (χ4v) is 2.96.